The summed E-state index contributed by atoms with van der Waals surface area (Å²) in [6.45, 7) is 0. The van der Waals surface area contributed by atoms with E-state index in [0.29, 0.717) is 4.90 Å². The molecule has 1 saturated heterocycles. The van der Waals surface area contributed by atoms with E-state index in [1.54, 1.807) is 0 Å². The number of carbonyl (C=O) groups excluding carboxylic acids is 1. The summed E-state index contributed by atoms with van der Waals surface area (Å²) in [6.07, 6.45) is -1.03. The third-order valence-electron chi connectivity index (χ3n) is 3.41. The molecule has 7 nitrogen and oxygen atoms in total. The SMILES string of the molecule is O=C(O)[C@@H]1CCC2N1C(=O)C=C(OS(=O)(=O)C(F)(F)F)C2(F)F. The summed E-state index contributed by atoms with van der Waals surface area (Å²) in [7, 11) is -6.39. The van der Waals surface area contributed by atoms with Crippen LogP contribution in [0, 0.1) is 0 Å². The van der Waals surface area contributed by atoms with Crippen molar-refractivity contribution in [3.05, 3.63) is 11.8 Å². The van der Waals surface area contributed by atoms with E-state index in [9.17, 15) is 40.0 Å². The lowest BCUT2D eigenvalue weighted by molar-refractivity contribution is -0.155. The molecule has 2 heterocycles. The van der Waals surface area contributed by atoms with Crippen LogP contribution in [0.15, 0.2) is 11.8 Å². The number of amides is 1. The summed E-state index contributed by atoms with van der Waals surface area (Å²) in [5.74, 6) is -9.18. The van der Waals surface area contributed by atoms with Crippen molar-refractivity contribution < 1.29 is 49.2 Å². The molecule has 23 heavy (non-hydrogen) atoms. The smallest absolute Gasteiger partial charge is 0.480 e. The Kier molecular flexibility index (Phi) is 3.82. The number of aliphatic carboxylic acids is 1. The van der Waals surface area contributed by atoms with E-state index < -0.39 is 57.7 Å². The standard InChI is InChI=1S/C10H8F5NO6S/c11-9(12)5-2-1-4(8(18)19)16(5)7(17)3-6(9)22-23(20,21)10(13,14)15/h3-5H,1-2H2,(H,18,19)/t4-,5?/m0/s1. The zero-order valence-corrected chi connectivity index (χ0v) is 11.7. The minimum atomic E-state index is -6.39. The average molecular weight is 365 g/mol. The van der Waals surface area contributed by atoms with Crippen molar-refractivity contribution in [2.24, 2.45) is 0 Å². The molecule has 0 aromatic carbocycles. The van der Waals surface area contributed by atoms with Gasteiger partial charge in [-0.15, -0.1) is 0 Å². The fourth-order valence-corrected chi connectivity index (χ4v) is 2.90. The number of carbonyl (C=O) groups is 2. The second-order valence-corrected chi connectivity index (χ2v) is 6.35. The molecule has 0 aromatic heterocycles. The van der Waals surface area contributed by atoms with Gasteiger partial charge in [-0.25, -0.2) is 4.79 Å². The molecule has 0 radical (unpaired) electrons. The van der Waals surface area contributed by atoms with Gasteiger partial charge in [-0.2, -0.15) is 30.4 Å². The fourth-order valence-electron chi connectivity index (χ4n) is 2.41. The van der Waals surface area contributed by atoms with Gasteiger partial charge in [-0.1, -0.05) is 0 Å². The molecule has 1 unspecified atom stereocenters. The third kappa shape index (κ3) is 2.72. The van der Waals surface area contributed by atoms with Crippen molar-refractivity contribution in [3.8, 4) is 0 Å². The van der Waals surface area contributed by atoms with Crippen molar-refractivity contribution >= 4 is 22.0 Å². The largest absolute Gasteiger partial charge is 0.534 e. The van der Waals surface area contributed by atoms with Gasteiger partial charge in [0.15, 0.2) is 5.76 Å². The Bertz CT molecular complexity index is 684. The lowest BCUT2D eigenvalue weighted by atomic mass is 10.0. The first-order valence-corrected chi connectivity index (χ1v) is 7.35. The molecule has 0 aliphatic carbocycles. The summed E-state index contributed by atoms with van der Waals surface area (Å²) in [6, 6.07) is -3.67. The Labute approximate surface area is 125 Å². The van der Waals surface area contributed by atoms with E-state index in [1.807, 2.05) is 0 Å². The van der Waals surface area contributed by atoms with Crippen molar-refractivity contribution in [3.63, 3.8) is 0 Å². The van der Waals surface area contributed by atoms with E-state index in [1.165, 1.54) is 0 Å². The summed E-state index contributed by atoms with van der Waals surface area (Å²) in [5, 5.41) is 8.86. The van der Waals surface area contributed by atoms with E-state index in [0.717, 1.165) is 0 Å². The Morgan fingerprint density at radius 2 is 1.91 bits per heavy atom. The third-order valence-corrected chi connectivity index (χ3v) is 4.38. The van der Waals surface area contributed by atoms with Crippen LogP contribution in [0.1, 0.15) is 12.8 Å². The van der Waals surface area contributed by atoms with Crippen molar-refractivity contribution in [1.82, 2.24) is 4.90 Å². The van der Waals surface area contributed by atoms with Crippen LogP contribution < -0.4 is 0 Å². The fraction of sp³-hybridized carbons (Fsp3) is 0.600. The molecule has 0 spiro atoms. The van der Waals surface area contributed by atoms with Crippen LogP contribution in [-0.4, -0.2) is 53.8 Å². The number of carboxylic acid groups (broad SMARTS) is 1. The van der Waals surface area contributed by atoms with Crippen molar-refractivity contribution in [1.29, 1.82) is 0 Å². The van der Waals surface area contributed by atoms with Crippen LogP contribution in [0.25, 0.3) is 0 Å². The highest BCUT2D eigenvalue weighted by molar-refractivity contribution is 7.87. The monoisotopic (exact) mass is 365 g/mol. The van der Waals surface area contributed by atoms with Gasteiger partial charge < -0.3 is 14.2 Å². The molecule has 2 rings (SSSR count). The summed E-state index contributed by atoms with van der Waals surface area (Å²) < 4.78 is 90.0. The highest BCUT2D eigenvalue weighted by Crippen LogP contribution is 2.44. The van der Waals surface area contributed by atoms with Gasteiger partial charge in [0.05, 0.1) is 0 Å². The zero-order valence-electron chi connectivity index (χ0n) is 10.9. The average Bonchev–Trinajstić information content (AvgIpc) is 2.80. The van der Waals surface area contributed by atoms with Crippen LogP contribution in [0.4, 0.5) is 22.0 Å². The van der Waals surface area contributed by atoms with E-state index in [-0.39, 0.29) is 12.5 Å². The van der Waals surface area contributed by atoms with E-state index >= 15 is 0 Å². The molecule has 2 aliphatic heterocycles. The van der Waals surface area contributed by atoms with Gasteiger partial charge in [0.25, 0.3) is 5.91 Å². The topological polar surface area (TPSA) is 101 Å². The number of rotatable bonds is 3. The molecule has 130 valence electrons. The Morgan fingerprint density at radius 1 is 1.35 bits per heavy atom. The Balaban J connectivity index is 2.41. The van der Waals surface area contributed by atoms with Crippen molar-refractivity contribution in [2.45, 2.75) is 36.4 Å². The first-order valence-electron chi connectivity index (χ1n) is 5.95. The number of halogens is 5. The summed E-state index contributed by atoms with van der Waals surface area (Å²) in [4.78, 5) is 22.9. The number of hydrogen-bond acceptors (Lipinski definition) is 5. The minimum Gasteiger partial charge on any atom is -0.480 e. The highest BCUT2D eigenvalue weighted by Gasteiger charge is 2.61. The van der Waals surface area contributed by atoms with Gasteiger partial charge in [-0.3, -0.25) is 4.79 Å². The zero-order chi connectivity index (χ0) is 17.8. The van der Waals surface area contributed by atoms with Crippen LogP contribution in [0.2, 0.25) is 0 Å². The Hall–Kier alpha value is -1.92. The predicted octanol–water partition coefficient (Wildman–Crippen LogP) is 0.830. The van der Waals surface area contributed by atoms with E-state index in [2.05, 4.69) is 4.18 Å². The number of nitrogens with zero attached hydrogens (tertiary/aromatic N) is 1. The number of alkyl halides is 5. The molecule has 13 heteroatoms. The molecule has 1 amide bonds. The second-order valence-electron chi connectivity index (χ2n) is 4.81. The molecule has 0 bridgehead atoms. The van der Waals surface area contributed by atoms with Gasteiger partial charge in [0, 0.05) is 6.08 Å². The lowest BCUT2D eigenvalue weighted by Gasteiger charge is -2.36. The van der Waals surface area contributed by atoms with Crippen LogP contribution >= 0.6 is 0 Å². The molecule has 1 N–H and O–H groups in total. The number of hydrogen-bond donors (Lipinski definition) is 1. The second kappa shape index (κ2) is 5.04. The van der Waals surface area contributed by atoms with E-state index in [4.69, 9.17) is 5.11 Å². The molecular weight excluding hydrogens is 357 g/mol. The minimum absolute atomic E-state index is 0.138. The predicted molar refractivity (Wildman–Crippen MR) is 60.4 cm³/mol. The maximum Gasteiger partial charge on any atom is 0.534 e. The number of carboxylic acids is 1. The molecular formula is C10H8F5NO6S. The number of fused-ring (bicyclic) bond motifs is 1. The maximum absolute atomic E-state index is 14.1. The lowest BCUT2D eigenvalue weighted by Crippen LogP contribution is -2.55. The molecule has 0 aromatic rings. The quantitative estimate of drug-likeness (QED) is 0.452. The van der Waals surface area contributed by atoms with Crippen LogP contribution in [0.5, 0.6) is 0 Å². The van der Waals surface area contributed by atoms with Crippen LogP contribution in [0.3, 0.4) is 0 Å². The van der Waals surface area contributed by atoms with Gasteiger partial charge in [0.2, 0.25) is 0 Å². The molecule has 2 atom stereocenters. The molecule has 2 aliphatic rings. The Morgan fingerprint density at radius 3 is 2.39 bits per heavy atom. The molecule has 0 saturated carbocycles. The van der Waals surface area contributed by atoms with Crippen LogP contribution in [-0.2, 0) is 23.9 Å². The first-order chi connectivity index (χ1) is 10.3. The summed E-state index contributed by atoms with van der Waals surface area (Å²) >= 11 is 0. The van der Waals surface area contributed by atoms with Gasteiger partial charge >= 0.3 is 27.5 Å². The first kappa shape index (κ1) is 17.4. The normalized spacial score (nSPS) is 27.4. The maximum atomic E-state index is 14.1. The van der Waals surface area contributed by atoms with Crippen molar-refractivity contribution in [2.75, 3.05) is 0 Å². The van der Waals surface area contributed by atoms with Gasteiger partial charge in [-0.05, 0) is 12.8 Å². The highest BCUT2D eigenvalue weighted by atomic mass is 32.2. The molecule has 1 fully saturated rings. The van der Waals surface area contributed by atoms with Gasteiger partial charge in [0.1, 0.15) is 12.1 Å². The summed E-state index contributed by atoms with van der Waals surface area (Å²) in [5.41, 5.74) is -5.95.